The molecule has 0 saturated carbocycles. The minimum Gasteiger partial charge on any atom is -0.489 e. The van der Waals surface area contributed by atoms with Crippen LogP contribution in [0.5, 0.6) is 11.5 Å². The highest BCUT2D eigenvalue weighted by atomic mass is 35.5. The van der Waals surface area contributed by atoms with Gasteiger partial charge in [-0.2, -0.15) is 0 Å². The second-order valence-corrected chi connectivity index (χ2v) is 7.12. The summed E-state index contributed by atoms with van der Waals surface area (Å²) >= 11 is 6.30. The SMILES string of the molecule is CCCNC(=O)C1CCCN(C(=O)c2cc(Cl)c3c(c2)OCCCO3)C1. The van der Waals surface area contributed by atoms with Crippen molar-refractivity contribution in [1.29, 1.82) is 0 Å². The Morgan fingerprint density at radius 2 is 2.08 bits per heavy atom. The molecule has 2 aliphatic rings. The predicted molar refractivity (Wildman–Crippen MR) is 99.0 cm³/mol. The van der Waals surface area contributed by atoms with Crippen molar-refractivity contribution in [3.8, 4) is 11.5 Å². The maximum absolute atomic E-state index is 12.9. The summed E-state index contributed by atoms with van der Waals surface area (Å²) in [5.74, 6) is 0.746. The number of hydrogen-bond donors (Lipinski definition) is 1. The third-order valence-corrected chi connectivity index (χ3v) is 4.96. The minimum absolute atomic E-state index is 0.0287. The quantitative estimate of drug-likeness (QED) is 0.872. The fourth-order valence-corrected chi connectivity index (χ4v) is 3.57. The number of likely N-dealkylation sites (tertiary alicyclic amines) is 1. The van der Waals surface area contributed by atoms with Crippen molar-refractivity contribution in [1.82, 2.24) is 10.2 Å². The highest BCUT2D eigenvalue weighted by Crippen LogP contribution is 2.38. The van der Waals surface area contributed by atoms with Gasteiger partial charge < -0.3 is 19.7 Å². The van der Waals surface area contributed by atoms with Crippen LogP contribution in [0.3, 0.4) is 0 Å². The van der Waals surface area contributed by atoms with Crippen LogP contribution >= 0.6 is 11.6 Å². The second-order valence-electron chi connectivity index (χ2n) is 6.72. The molecule has 1 aromatic rings. The molecule has 1 aromatic carbocycles. The van der Waals surface area contributed by atoms with Crippen molar-refractivity contribution in [3.63, 3.8) is 0 Å². The van der Waals surface area contributed by atoms with Gasteiger partial charge in [0.25, 0.3) is 5.91 Å². The Morgan fingerprint density at radius 3 is 2.88 bits per heavy atom. The van der Waals surface area contributed by atoms with Gasteiger partial charge in [0.05, 0.1) is 24.2 Å². The van der Waals surface area contributed by atoms with Gasteiger partial charge in [-0.1, -0.05) is 18.5 Å². The molecule has 0 radical (unpaired) electrons. The molecule has 26 heavy (non-hydrogen) atoms. The zero-order valence-corrected chi connectivity index (χ0v) is 15.8. The normalized spacial score (nSPS) is 19.6. The molecule has 2 amide bonds. The molecule has 1 atom stereocenters. The van der Waals surface area contributed by atoms with Crippen LogP contribution < -0.4 is 14.8 Å². The molecule has 0 spiro atoms. The van der Waals surface area contributed by atoms with E-state index < -0.39 is 0 Å². The molecule has 1 N–H and O–H groups in total. The van der Waals surface area contributed by atoms with Crippen molar-refractivity contribution < 1.29 is 19.1 Å². The fraction of sp³-hybridized carbons (Fsp3) is 0.579. The Kier molecular flexibility index (Phi) is 6.25. The first-order valence-electron chi connectivity index (χ1n) is 9.26. The van der Waals surface area contributed by atoms with Gasteiger partial charge >= 0.3 is 0 Å². The van der Waals surface area contributed by atoms with Gasteiger partial charge in [-0.05, 0) is 31.4 Å². The van der Waals surface area contributed by atoms with Gasteiger partial charge in [-0.15, -0.1) is 0 Å². The summed E-state index contributed by atoms with van der Waals surface area (Å²) in [6.07, 6.45) is 3.29. The smallest absolute Gasteiger partial charge is 0.254 e. The molecule has 1 fully saturated rings. The summed E-state index contributed by atoms with van der Waals surface area (Å²) in [6, 6.07) is 3.31. The third-order valence-electron chi connectivity index (χ3n) is 4.68. The first kappa shape index (κ1) is 18.8. The monoisotopic (exact) mass is 380 g/mol. The Bertz CT molecular complexity index is 680. The molecule has 6 nitrogen and oxygen atoms in total. The van der Waals surface area contributed by atoms with Crippen LogP contribution in [0.15, 0.2) is 12.1 Å². The van der Waals surface area contributed by atoms with Crippen LogP contribution in [0.25, 0.3) is 0 Å². The van der Waals surface area contributed by atoms with Crippen molar-refractivity contribution in [3.05, 3.63) is 22.7 Å². The van der Waals surface area contributed by atoms with Crippen LogP contribution in [-0.2, 0) is 4.79 Å². The number of fused-ring (bicyclic) bond motifs is 1. The largest absolute Gasteiger partial charge is 0.489 e. The summed E-state index contributed by atoms with van der Waals surface area (Å²) in [7, 11) is 0. The average molecular weight is 381 g/mol. The number of nitrogens with zero attached hydrogens (tertiary/aromatic N) is 1. The van der Waals surface area contributed by atoms with E-state index in [4.69, 9.17) is 21.1 Å². The van der Waals surface area contributed by atoms with Crippen molar-refractivity contribution in [2.75, 3.05) is 32.8 Å². The number of rotatable bonds is 4. The number of halogens is 1. The lowest BCUT2D eigenvalue weighted by Gasteiger charge is -2.32. The molecule has 7 heteroatoms. The van der Waals surface area contributed by atoms with Gasteiger partial charge in [0.1, 0.15) is 0 Å². The van der Waals surface area contributed by atoms with Crippen molar-refractivity contribution in [2.45, 2.75) is 32.6 Å². The Hall–Kier alpha value is -1.95. The topological polar surface area (TPSA) is 67.9 Å². The molecule has 1 saturated heterocycles. The summed E-state index contributed by atoms with van der Waals surface area (Å²) in [5, 5.41) is 3.30. The van der Waals surface area contributed by atoms with E-state index in [0.29, 0.717) is 54.9 Å². The Balaban J connectivity index is 1.73. The zero-order chi connectivity index (χ0) is 18.5. The van der Waals surface area contributed by atoms with Gasteiger partial charge in [0.2, 0.25) is 5.91 Å². The van der Waals surface area contributed by atoms with Crippen molar-refractivity contribution in [2.24, 2.45) is 5.92 Å². The van der Waals surface area contributed by atoms with Crippen LogP contribution in [-0.4, -0.2) is 49.6 Å². The maximum Gasteiger partial charge on any atom is 0.254 e. The molecule has 2 aliphatic heterocycles. The van der Waals surface area contributed by atoms with Gasteiger partial charge in [0, 0.05) is 31.6 Å². The molecule has 0 aliphatic carbocycles. The lowest BCUT2D eigenvalue weighted by atomic mass is 9.96. The van der Waals surface area contributed by atoms with Crippen LogP contribution in [0.2, 0.25) is 5.02 Å². The molecular formula is C19H25ClN2O4. The Labute approximate surface area is 158 Å². The molecule has 1 unspecified atom stereocenters. The minimum atomic E-state index is -0.157. The van der Waals surface area contributed by atoms with E-state index in [1.807, 2.05) is 6.92 Å². The number of ether oxygens (including phenoxy) is 2. The van der Waals surface area contributed by atoms with E-state index in [-0.39, 0.29) is 17.7 Å². The highest BCUT2D eigenvalue weighted by molar-refractivity contribution is 6.32. The van der Waals surface area contributed by atoms with E-state index >= 15 is 0 Å². The van der Waals surface area contributed by atoms with Crippen molar-refractivity contribution >= 4 is 23.4 Å². The van der Waals surface area contributed by atoms with Gasteiger partial charge in [-0.3, -0.25) is 9.59 Å². The van der Waals surface area contributed by atoms with Crippen LogP contribution in [0.1, 0.15) is 43.0 Å². The summed E-state index contributed by atoms with van der Waals surface area (Å²) in [5.41, 5.74) is 0.467. The zero-order valence-electron chi connectivity index (χ0n) is 15.1. The first-order valence-corrected chi connectivity index (χ1v) is 9.64. The van der Waals surface area contributed by atoms with E-state index in [1.54, 1.807) is 17.0 Å². The Morgan fingerprint density at radius 1 is 1.27 bits per heavy atom. The number of nitrogens with one attached hydrogen (secondary N) is 1. The summed E-state index contributed by atoms with van der Waals surface area (Å²) in [4.78, 5) is 26.9. The molecular weight excluding hydrogens is 356 g/mol. The molecule has 0 aromatic heterocycles. The summed E-state index contributed by atoms with van der Waals surface area (Å²) in [6.45, 7) is 4.83. The lowest BCUT2D eigenvalue weighted by molar-refractivity contribution is -0.126. The summed E-state index contributed by atoms with van der Waals surface area (Å²) < 4.78 is 11.3. The molecule has 3 rings (SSSR count). The number of benzene rings is 1. The fourth-order valence-electron chi connectivity index (χ4n) is 3.30. The van der Waals surface area contributed by atoms with Gasteiger partial charge in [-0.25, -0.2) is 0 Å². The number of carbonyl (C=O) groups excluding carboxylic acids is 2. The number of carbonyl (C=O) groups is 2. The lowest BCUT2D eigenvalue weighted by Crippen LogP contribution is -2.45. The standard InChI is InChI=1S/C19H25ClN2O4/c1-2-6-21-18(23)13-5-3-7-22(12-13)19(24)14-10-15(20)17-16(11-14)25-8-4-9-26-17/h10-11,13H,2-9,12H2,1H3,(H,21,23). The van der Waals surface area contributed by atoms with E-state index in [2.05, 4.69) is 5.32 Å². The average Bonchev–Trinajstić information content (AvgIpc) is 2.91. The van der Waals surface area contributed by atoms with Crippen LogP contribution in [0, 0.1) is 5.92 Å². The van der Waals surface area contributed by atoms with Crippen LogP contribution in [0.4, 0.5) is 0 Å². The maximum atomic E-state index is 12.9. The third kappa shape index (κ3) is 4.23. The van der Waals surface area contributed by atoms with E-state index in [9.17, 15) is 9.59 Å². The number of hydrogen-bond acceptors (Lipinski definition) is 4. The van der Waals surface area contributed by atoms with Gasteiger partial charge in [0.15, 0.2) is 11.5 Å². The number of piperidine rings is 1. The molecule has 0 bridgehead atoms. The second kappa shape index (κ2) is 8.62. The first-order chi connectivity index (χ1) is 12.6. The molecule has 2 heterocycles. The predicted octanol–water partition coefficient (Wildman–Crippen LogP) is 2.88. The number of amides is 2. The van der Waals surface area contributed by atoms with E-state index in [1.165, 1.54) is 0 Å². The highest BCUT2D eigenvalue weighted by Gasteiger charge is 2.29. The van der Waals surface area contributed by atoms with E-state index in [0.717, 1.165) is 25.7 Å². The molecule has 142 valence electrons.